The Labute approximate surface area is 163 Å². The summed E-state index contributed by atoms with van der Waals surface area (Å²) >= 11 is 0. The molecule has 1 aromatic carbocycles. The van der Waals surface area contributed by atoms with Gasteiger partial charge in [0.1, 0.15) is 5.82 Å². The van der Waals surface area contributed by atoms with Gasteiger partial charge in [-0.3, -0.25) is 4.79 Å². The fourth-order valence-corrected chi connectivity index (χ4v) is 3.86. The Hall–Kier alpha value is -2.31. The van der Waals surface area contributed by atoms with Crippen molar-refractivity contribution in [3.8, 4) is 0 Å². The molecule has 1 aromatic heterocycles. The van der Waals surface area contributed by atoms with Crippen LogP contribution in [0.5, 0.6) is 0 Å². The van der Waals surface area contributed by atoms with E-state index in [0.29, 0.717) is 36.9 Å². The summed E-state index contributed by atoms with van der Waals surface area (Å²) in [6.45, 7) is 5.54. The third kappa shape index (κ3) is 3.93. The van der Waals surface area contributed by atoms with Gasteiger partial charge in [0, 0.05) is 18.9 Å². The van der Waals surface area contributed by atoms with Crippen molar-refractivity contribution in [3.63, 3.8) is 0 Å². The quantitative estimate of drug-likeness (QED) is 0.752. The van der Waals surface area contributed by atoms with Gasteiger partial charge in [0.15, 0.2) is 17.5 Å². The van der Waals surface area contributed by atoms with Gasteiger partial charge in [-0.15, -0.1) is 0 Å². The topological polar surface area (TPSA) is 51.0 Å². The molecule has 7 heteroatoms. The van der Waals surface area contributed by atoms with Gasteiger partial charge in [-0.05, 0) is 49.3 Å². The van der Waals surface area contributed by atoms with Gasteiger partial charge in [0.05, 0.1) is 12.6 Å². The maximum absolute atomic E-state index is 13.4. The second-order valence-corrected chi connectivity index (χ2v) is 8.31. The number of nitrogens with zero attached hydrogens (tertiary/aromatic N) is 4. The van der Waals surface area contributed by atoms with E-state index in [1.807, 2.05) is 9.58 Å². The second-order valence-electron chi connectivity index (χ2n) is 8.31. The minimum atomic E-state index is -0.874. The van der Waals surface area contributed by atoms with Crippen LogP contribution in [0.3, 0.4) is 0 Å². The monoisotopic (exact) mass is 388 g/mol. The molecule has 4 rings (SSSR count). The first-order valence-corrected chi connectivity index (χ1v) is 10.1. The number of hydrogen-bond acceptors (Lipinski definition) is 3. The molecule has 1 aliphatic carbocycles. The molecule has 0 saturated heterocycles. The number of halogens is 2. The number of aryl methyl sites for hydroxylation is 1. The molecule has 0 radical (unpaired) electrons. The summed E-state index contributed by atoms with van der Waals surface area (Å²) in [5.41, 5.74) is 0.629. The molecule has 5 nitrogen and oxygen atoms in total. The van der Waals surface area contributed by atoms with Crippen LogP contribution in [0, 0.1) is 17.6 Å². The summed E-state index contributed by atoms with van der Waals surface area (Å²) < 4.78 is 28.5. The van der Waals surface area contributed by atoms with Gasteiger partial charge >= 0.3 is 0 Å². The van der Waals surface area contributed by atoms with Crippen molar-refractivity contribution >= 4 is 5.91 Å². The van der Waals surface area contributed by atoms with Crippen LogP contribution < -0.4 is 0 Å². The van der Waals surface area contributed by atoms with Crippen LogP contribution in [0.4, 0.5) is 8.78 Å². The Morgan fingerprint density at radius 2 is 2.00 bits per heavy atom. The van der Waals surface area contributed by atoms with Crippen molar-refractivity contribution < 1.29 is 13.6 Å². The van der Waals surface area contributed by atoms with Gasteiger partial charge in [0.25, 0.3) is 0 Å². The van der Waals surface area contributed by atoms with Gasteiger partial charge < -0.3 is 4.90 Å². The van der Waals surface area contributed by atoms with Crippen LogP contribution in [-0.4, -0.2) is 32.1 Å². The molecule has 0 spiro atoms. The Morgan fingerprint density at radius 3 is 2.68 bits per heavy atom. The van der Waals surface area contributed by atoms with Crippen molar-refractivity contribution in [2.24, 2.45) is 5.92 Å². The van der Waals surface area contributed by atoms with Crippen LogP contribution in [0.2, 0.25) is 0 Å². The Morgan fingerprint density at radius 1 is 1.21 bits per heavy atom. The summed E-state index contributed by atoms with van der Waals surface area (Å²) in [7, 11) is 0. The standard InChI is InChI=1S/C21H26F2N4O/c1-13(2)11-18-21-24-20(15-5-6-15)25-27(21)10-9-26(18)19(28)8-4-14-3-7-16(22)17(23)12-14/h3,7,12-13,15,18H,4-6,8-11H2,1-2H3/t18-/m0/s1. The van der Waals surface area contributed by atoms with Crippen LogP contribution in [-0.2, 0) is 17.8 Å². The molecule has 1 fully saturated rings. The fraction of sp³-hybridized carbons (Fsp3) is 0.571. The lowest BCUT2D eigenvalue weighted by molar-refractivity contribution is -0.135. The van der Waals surface area contributed by atoms with E-state index in [1.54, 1.807) is 0 Å². The summed E-state index contributed by atoms with van der Waals surface area (Å²) in [5, 5.41) is 4.67. The minimum Gasteiger partial charge on any atom is -0.331 e. The summed E-state index contributed by atoms with van der Waals surface area (Å²) in [6, 6.07) is 3.74. The summed E-state index contributed by atoms with van der Waals surface area (Å²) in [6.07, 6.45) is 3.79. The van der Waals surface area contributed by atoms with Crippen molar-refractivity contribution in [2.75, 3.05) is 6.54 Å². The zero-order chi connectivity index (χ0) is 19.8. The normalized spacial score (nSPS) is 19.2. The van der Waals surface area contributed by atoms with E-state index in [-0.39, 0.29) is 18.4 Å². The molecule has 0 unspecified atom stereocenters. The maximum Gasteiger partial charge on any atom is 0.223 e. The van der Waals surface area contributed by atoms with E-state index in [9.17, 15) is 13.6 Å². The third-order valence-corrected chi connectivity index (χ3v) is 5.51. The van der Waals surface area contributed by atoms with Crippen LogP contribution in [0.1, 0.15) is 68.7 Å². The van der Waals surface area contributed by atoms with Crippen molar-refractivity contribution in [1.82, 2.24) is 19.7 Å². The number of hydrogen-bond donors (Lipinski definition) is 0. The molecule has 2 aromatic rings. The minimum absolute atomic E-state index is 0.0256. The number of amides is 1. The average Bonchev–Trinajstić information content (AvgIpc) is 3.41. The SMILES string of the molecule is CC(C)C[C@H]1c2nc(C3CC3)nn2CCN1C(=O)CCc1ccc(F)c(F)c1. The van der Waals surface area contributed by atoms with E-state index >= 15 is 0 Å². The maximum atomic E-state index is 13.4. The van der Waals surface area contributed by atoms with Crippen molar-refractivity contribution in [3.05, 3.63) is 47.0 Å². The molecule has 1 amide bonds. The van der Waals surface area contributed by atoms with E-state index in [2.05, 4.69) is 18.9 Å². The Bertz CT molecular complexity index is 875. The summed E-state index contributed by atoms with van der Waals surface area (Å²) in [5.74, 6) is 0.991. The number of rotatable bonds is 6. The molecule has 0 N–H and O–H groups in total. The predicted octanol–water partition coefficient (Wildman–Crippen LogP) is 4.00. The highest BCUT2D eigenvalue weighted by atomic mass is 19.2. The zero-order valence-electron chi connectivity index (χ0n) is 16.4. The predicted molar refractivity (Wildman–Crippen MR) is 101 cm³/mol. The fourth-order valence-electron chi connectivity index (χ4n) is 3.86. The third-order valence-electron chi connectivity index (χ3n) is 5.51. The highest BCUT2D eigenvalue weighted by molar-refractivity contribution is 5.77. The lowest BCUT2D eigenvalue weighted by Crippen LogP contribution is -2.43. The molecule has 150 valence electrons. The molecule has 2 heterocycles. The zero-order valence-corrected chi connectivity index (χ0v) is 16.4. The van der Waals surface area contributed by atoms with Crippen LogP contribution in [0.25, 0.3) is 0 Å². The molecule has 1 atom stereocenters. The molecule has 1 saturated carbocycles. The van der Waals surface area contributed by atoms with Crippen LogP contribution in [0.15, 0.2) is 18.2 Å². The first-order chi connectivity index (χ1) is 13.4. The number of aromatic nitrogens is 3. The highest BCUT2D eigenvalue weighted by Gasteiger charge is 2.36. The van der Waals surface area contributed by atoms with Crippen molar-refractivity contribution in [1.29, 1.82) is 0 Å². The lowest BCUT2D eigenvalue weighted by Gasteiger charge is -2.36. The van der Waals surface area contributed by atoms with Gasteiger partial charge in [-0.1, -0.05) is 19.9 Å². The first-order valence-electron chi connectivity index (χ1n) is 10.1. The van der Waals surface area contributed by atoms with E-state index in [0.717, 1.165) is 37.0 Å². The molecule has 28 heavy (non-hydrogen) atoms. The molecular formula is C21H26F2N4O. The number of carbonyl (C=O) groups is 1. The van der Waals surface area contributed by atoms with Crippen molar-refractivity contribution in [2.45, 2.75) is 64.5 Å². The Kier molecular flexibility index (Phi) is 5.17. The number of fused-ring (bicyclic) bond motifs is 1. The van der Waals surface area contributed by atoms with E-state index in [4.69, 9.17) is 4.98 Å². The smallest absolute Gasteiger partial charge is 0.223 e. The molecule has 0 bridgehead atoms. The Balaban J connectivity index is 1.49. The van der Waals surface area contributed by atoms with Gasteiger partial charge in [-0.2, -0.15) is 5.10 Å². The van der Waals surface area contributed by atoms with Crippen LogP contribution >= 0.6 is 0 Å². The highest BCUT2D eigenvalue weighted by Crippen LogP contribution is 2.40. The number of carbonyl (C=O) groups excluding carboxylic acids is 1. The largest absolute Gasteiger partial charge is 0.331 e. The average molecular weight is 388 g/mol. The van der Waals surface area contributed by atoms with E-state index < -0.39 is 11.6 Å². The molecule has 2 aliphatic rings. The number of benzene rings is 1. The molecule has 1 aliphatic heterocycles. The van der Waals surface area contributed by atoms with Gasteiger partial charge in [-0.25, -0.2) is 18.4 Å². The lowest BCUT2D eigenvalue weighted by atomic mass is 9.99. The molecular weight excluding hydrogens is 362 g/mol. The first kappa shape index (κ1) is 19.0. The summed E-state index contributed by atoms with van der Waals surface area (Å²) in [4.78, 5) is 19.7. The van der Waals surface area contributed by atoms with Gasteiger partial charge in [0.2, 0.25) is 5.91 Å². The van der Waals surface area contributed by atoms with E-state index in [1.165, 1.54) is 12.1 Å². The second kappa shape index (κ2) is 7.60.